The van der Waals surface area contributed by atoms with Crippen molar-refractivity contribution in [2.24, 2.45) is 0 Å². The molecular weight excluding hydrogens is 138 g/mol. The Bertz CT molecular complexity index is 204. The maximum Gasteiger partial charge on any atom is 0.223 e. The largest absolute Gasteiger partial charge is 0.359 e. The van der Waals surface area contributed by atoms with Crippen molar-refractivity contribution in [3.63, 3.8) is 0 Å². The molecule has 0 heterocycles. The fraction of sp³-hybridized carbons (Fsp3) is 0.444. The topological polar surface area (TPSA) is 29.1 Å². The van der Waals surface area contributed by atoms with Gasteiger partial charge in [-0.25, -0.2) is 0 Å². The highest BCUT2D eigenvalue weighted by molar-refractivity contribution is 5.78. The molecule has 0 saturated carbocycles. The number of carbonyl (C=O) groups excluding carboxylic acids is 1. The summed E-state index contributed by atoms with van der Waals surface area (Å²) in [4.78, 5) is 10.9. The number of amides is 1. The van der Waals surface area contributed by atoms with Gasteiger partial charge in [-0.2, -0.15) is 0 Å². The minimum Gasteiger partial charge on any atom is -0.359 e. The van der Waals surface area contributed by atoms with Gasteiger partial charge in [0, 0.05) is 13.5 Å². The van der Waals surface area contributed by atoms with Gasteiger partial charge in [0.2, 0.25) is 5.91 Å². The Balaban J connectivity index is 2.37. The fourth-order valence-corrected chi connectivity index (χ4v) is 1.09. The lowest BCUT2D eigenvalue weighted by molar-refractivity contribution is -0.119. The van der Waals surface area contributed by atoms with Crippen LogP contribution < -0.4 is 5.32 Å². The summed E-state index contributed by atoms with van der Waals surface area (Å²) in [6.45, 7) is 0. The highest BCUT2D eigenvalue weighted by Gasteiger charge is 2.03. The van der Waals surface area contributed by atoms with Gasteiger partial charge in [0.05, 0.1) is 0 Å². The molecule has 0 bridgehead atoms. The van der Waals surface area contributed by atoms with Gasteiger partial charge in [0.1, 0.15) is 0 Å². The van der Waals surface area contributed by atoms with Crippen LogP contribution >= 0.6 is 0 Å². The van der Waals surface area contributed by atoms with Gasteiger partial charge >= 0.3 is 0 Å². The maximum atomic E-state index is 10.9. The van der Waals surface area contributed by atoms with E-state index >= 15 is 0 Å². The summed E-state index contributed by atoms with van der Waals surface area (Å²) in [7, 11) is 1.67. The monoisotopic (exact) mass is 151 g/mol. The van der Waals surface area contributed by atoms with Crippen LogP contribution in [-0.2, 0) is 4.79 Å². The molecule has 1 amide bonds. The number of carbonyl (C=O) groups is 1. The van der Waals surface area contributed by atoms with Crippen LogP contribution in [0.5, 0.6) is 0 Å². The second-order valence-corrected chi connectivity index (χ2v) is 2.62. The van der Waals surface area contributed by atoms with Crippen LogP contribution in [0.15, 0.2) is 23.8 Å². The van der Waals surface area contributed by atoms with Gasteiger partial charge in [0.15, 0.2) is 0 Å². The molecule has 1 aliphatic rings. The number of allylic oxidation sites excluding steroid dienone is 3. The molecule has 0 saturated heterocycles. The molecule has 0 aromatic heterocycles. The molecule has 0 radical (unpaired) electrons. The van der Waals surface area contributed by atoms with E-state index in [2.05, 4.69) is 23.5 Å². The van der Waals surface area contributed by atoms with E-state index in [-0.39, 0.29) is 5.91 Å². The lowest BCUT2D eigenvalue weighted by Gasteiger charge is -2.06. The molecule has 0 aromatic rings. The summed E-state index contributed by atoms with van der Waals surface area (Å²) in [6, 6.07) is 0. The van der Waals surface area contributed by atoms with E-state index < -0.39 is 0 Å². The molecule has 0 aromatic carbocycles. The Hall–Kier alpha value is -1.05. The molecule has 60 valence electrons. The van der Waals surface area contributed by atoms with Gasteiger partial charge < -0.3 is 5.32 Å². The van der Waals surface area contributed by atoms with Crippen molar-refractivity contribution in [2.45, 2.75) is 19.3 Å². The SMILES string of the molecule is CNC(=O)CC1=CCC=CC1. The van der Waals surface area contributed by atoms with Crippen molar-refractivity contribution < 1.29 is 4.79 Å². The zero-order valence-corrected chi connectivity index (χ0v) is 6.76. The van der Waals surface area contributed by atoms with Crippen molar-refractivity contribution in [2.75, 3.05) is 7.05 Å². The van der Waals surface area contributed by atoms with E-state index in [1.54, 1.807) is 7.05 Å². The van der Waals surface area contributed by atoms with E-state index in [0.29, 0.717) is 6.42 Å². The second kappa shape index (κ2) is 3.96. The molecule has 0 unspecified atom stereocenters. The Morgan fingerprint density at radius 2 is 2.45 bits per heavy atom. The Morgan fingerprint density at radius 3 is 3.00 bits per heavy atom. The van der Waals surface area contributed by atoms with E-state index in [1.807, 2.05) is 0 Å². The highest BCUT2D eigenvalue weighted by atomic mass is 16.1. The van der Waals surface area contributed by atoms with Crippen molar-refractivity contribution in [1.82, 2.24) is 5.32 Å². The summed E-state index contributed by atoms with van der Waals surface area (Å²) >= 11 is 0. The molecule has 1 aliphatic carbocycles. The Labute approximate surface area is 67.0 Å². The summed E-state index contributed by atoms with van der Waals surface area (Å²) in [5.74, 6) is 0.103. The zero-order chi connectivity index (χ0) is 8.10. The average molecular weight is 151 g/mol. The summed E-state index contributed by atoms with van der Waals surface area (Å²) in [5.41, 5.74) is 1.23. The standard InChI is InChI=1S/C9H13NO/c1-10-9(11)7-8-5-3-2-4-6-8/h2-3,6H,4-5,7H2,1H3,(H,10,11). The average Bonchev–Trinajstić information content (AvgIpc) is 2.06. The predicted molar refractivity (Wildman–Crippen MR) is 45.1 cm³/mol. The third-order valence-electron chi connectivity index (χ3n) is 1.76. The summed E-state index contributed by atoms with van der Waals surface area (Å²) < 4.78 is 0. The first-order valence-corrected chi connectivity index (χ1v) is 3.86. The predicted octanol–water partition coefficient (Wildman–Crippen LogP) is 1.40. The molecule has 1 rings (SSSR count). The number of nitrogens with one attached hydrogen (secondary N) is 1. The van der Waals surface area contributed by atoms with E-state index in [0.717, 1.165) is 12.8 Å². The van der Waals surface area contributed by atoms with E-state index in [9.17, 15) is 4.79 Å². The number of hydrogen-bond acceptors (Lipinski definition) is 1. The molecule has 0 spiro atoms. The fourth-order valence-electron chi connectivity index (χ4n) is 1.09. The summed E-state index contributed by atoms with van der Waals surface area (Å²) in [5, 5.41) is 2.61. The first-order valence-electron chi connectivity index (χ1n) is 3.86. The molecule has 11 heavy (non-hydrogen) atoms. The van der Waals surface area contributed by atoms with Crippen LogP contribution in [-0.4, -0.2) is 13.0 Å². The molecule has 2 nitrogen and oxygen atoms in total. The lowest BCUT2D eigenvalue weighted by atomic mass is 10.0. The normalized spacial score (nSPS) is 15.9. The number of hydrogen-bond donors (Lipinski definition) is 1. The third kappa shape index (κ3) is 2.58. The third-order valence-corrected chi connectivity index (χ3v) is 1.76. The maximum absolute atomic E-state index is 10.9. The van der Waals surface area contributed by atoms with Crippen LogP contribution in [0.3, 0.4) is 0 Å². The Morgan fingerprint density at radius 1 is 1.64 bits per heavy atom. The smallest absolute Gasteiger partial charge is 0.223 e. The van der Waals surface area contributed by atoms with Crippen molar-refractivity contribution in [3.05, 3.63) is 23.8 Å². The lowest BCUT2D eigenvalue weighted by Crippen LogP contribution is -2.18. The molecule has 0 aliphatic heterocycles. The number of rotatable bonds is 2. The van der Waals surface area contributed by atoms with Crippen molar-refractivity contribution >= 4 is 5.91 Å². The van der Waals surface area contributed by atoms with Crippen LogP contribution in [0.4, 0.5) is 0 Å². The van der Waals surface area contributed by atoms with Crippen molar-refractivity contribution in [1.29, 1.82) is 0 Å². The molecule has 0 fully saturated rings. The molecule has 1 N–H and O–H groups in total. The first kappa shape index (κ1) is 8.05. The molecule has 2 heteroatoms. The van der Waals surface area contributed by atoms with E-state index in [1.165, 1.54) is 5.57 Å². The van der Waals surface area contributed by atoms with Gasteiger partial charge in [-0.1, -0.05) is 23.8 Å². The van der Waals surface area contributed by atoms with Crippen LogP contribution in [0.1, 0.15) is 19.3 Å². The van der Waals surface area contributed by atoms with Gasteiger partial charge in [0.25, 0.3) is 0 Å². The van der Waals surface area contributed by atoms with Gasteiger partial charge in [-0.05, 0) is 12.8 Å². The highest BCUT2D eigenvalue weighted by Crippen LogP contribution is 2.13. The van der Waals surface area contributed by atoms with Gasteiger partial charge in [-0.15, -0.1) is 0 Å². The zero-order valence-electron chi connectivity index (χ0n) is 6.76. The second-order valence-electron chi connectivity index (χ2n) is 2.62. The summed E-state index contributed by atoms with van der Waals surface area (Å²) in [6.07, 6.45) is 8.82. The minimum absolute atomic E-state index is 0.103. The quantitative estimate of drug-likeness (QED) is 0.594. The van der Waals surface area contributed by atoms with Crippen LogP contribution in [0, 0.1) is 0 Å². The molecular formula is C9H13NO. The van der Waals surface area contributed by atoms with Crippen molar-refractivity contribution in [3.8, 4) is 0 Å². The van der Waals surface area contributed by atoms with Gasteiger partial charge in [-0.3, -0.25) is 4.79 Å². The van der Waals surface area contributed by atoms with E-state index in [4.69, 9.17) is 0 Å². The Kier molecular flexibility index (Phi) is 2.90. The van der Waals surface area contributed by atoms with Crippen LogP contribution in [0.25, 0.3) is 0 Å². The first-order chi connectivity index (χ1) is 5.33. The molecule has 0 atom stereocenters. The van der Waals surface area contributed by atoms with Crippen LogP contribution in [0.2, 0.25) is 0 Å². The minimum atomic E-state index is 0.103.